The number of carbonyl (C=O) groups is 1. The van der Waals surface area contributed by atoms with Crippen molar-refractivity contribution in [1.29, 1.82) is 0 Å². The van der Waals surface area contributed by atoms with Crippen LogP contribution in [0.4, 0.5) is 0 Å². The first-order valence-corrected chi connectivity index (χ1v) is 10.5. The van der Waals surface area contributed by atoms with Crippen molar-refractivity contribution < 1.29 is 9.53 Å². The van der Waals surface area contributed by atoms with E-state index in [1.54, 1.807) is 7.11 Å². The molecule has 0 unspecified atom stereocenters. The van der Waals surface area contributed by atoms with Crippen LogP contribution in [0.25, 0.3) is 0 Å². The van der Waals surface area contributed by atoms with E-state index in [0.29, 0.717) is 19.1 Å². The van der Waals surface area contributed by atoms with Crippen molar-refractivity contribution >= 4 is 5.91 Å². The van der Waals surface area contributed by atoms with Crippen LogP contribution in [0.15, 0.2) is 6.20 Å². The summed E-state index contributed by atoms with van der Waals surface area (Å²) >= 11 is 0. The highest BCUT2D eigenvalue weighted by Gasteiger charge is 2.41. The number of likely N-dealkylation sites (N-methyl/N-ethyl adjacent to an activating group) is 2. The molecular weight excluding hydrogens is 354 g/mol. The molecule has 1 aliphatic rings. The highest BCUT2D eigenvalue weighted by molar-refractivity contribution is 5.79. The molecule has 1 aromatic rings. The predicted molar refractivity (Wildman–Crippen MR) is 112 cm³/mol. The molecule has 1 fully saturated rings. The molecular formula is C21H39N5O2. The zero-order valence-electron chi connectivity index (χ0n) is 18.3. The van der Waals surface area contributed by atoms with Gasteiger partial charge >= 0.3 is 0 Å². The Labute approximate surface area is 170 Å². The first kappa shape index (κ1) is 22.8. The van der Waals surface area contributed by atoms with Crippen molar-refractivity contribution in [1.82, 2.24) is 25.7 Å². The molecule has 160 valence electrons. The van der Waals surface area contributed by atoms with Crippen LogP contribution in [0.2, 0.25) is 0 Å². The Bertz CT molecular complexity index is 601. The van der Waals surface area contributed by atoms with E-state index < -0.39 is 0 Å². The molecule has 28 heavy (non-hydrogen) atoms. The number of hydrogen-bond donors (Lipinski definition) is 3. The molecule has 0 aromatic carbocycles. The van der Waals surface area contributed by atoms with E-state index in [0.717, 1.165) is 45.3 Å². The molecule has 1 saturated carbocycles. The number of amides is 1. The highest BCUT2D eigenvalue weighted by Crippen LogP contribution is 2.47. The third-order valence-corrected chi connectivity index (χ3v) is 6.09. The van der Waals surface area contributed by atoms with Crippen LogP contribution in [0.3, 0.4) is 0 Å². The summed E-state index contributed by atoms with van der Waals surface area (Å²) in [6.45, 7) is 8.63. The summed E-state index contributed by atoms with van der Waals surface area (Å²) in [5.41, 5.74) is 2.48. The van der Waals surface area contributed by atoms with Gasteiger partial charge in [0, 0.05) is 63.0 Å². The van der Waals surface area contributed by atoms with E-state index in [4.69, 9.17) is 4.74 Å². The minimum Gasteiger partial charge on any atom is -0.385 e. The van der Waals surface area contributed by atoms with Gasteiger partial charge in [0.15, 0.2) is 0 Å². The topological polar surface area (TPSA) is 82.3 Å². The highest BCUT2D eigenvalue weighted by atomic mass is 16.5. The van der Waals surface area contributed by atoms with Gasteiger partial charge in [-0.1, -0.05) is 13.8 Å². The Morgan fingerprint density at radius 2 is 2.21 bits per heavy atom. The molecule has 0 aliphatic heterocycles. The minimum absolute atomic E-state index is 0.0195. The number of aromatic nitrogens is 2. The average molecular weight is 394 g/mol. The maximum absolute atomic E-state index is 12.9. The molecule has 7 nitrogen and oxygen atoms in total. The Morgan fingerprint density at radius 1 is 1.43 bits per heavy atom. The van der Waals surface area contributed by atoms with Crippen LogP contribution in [-0.2, 0) is 16.1 Å². The SMILES string of the molecule is CNCCN(C)Cc1cn[nH]c1[C@@H]1CCC(C)(C)[C@@H](C(=O)NCCCOC)C1. The molecule has 0 bridgehead atoms. The molecule has 2 rings (SSSR count). The normalized spacial score (nSPS) is 21.8. The summed E-state index contributed by atoms with van der Waals surface area (Å²) in [7, 11) is 5.80. The van der Waals surface area contributed by atoms with Gasteiger partial charge in [-0.25, -0.2) is 0 Å². The Hall–Kier alpha value is -1.44. The molecule has 0 radical (unpaired) electrons. The van der Waals surface area contributed by atoms with E-state index in [1.807, 2.05) is 13.2 Å². The molecule has 0 saturated heterocycles. The summed E-state index contributed by atoms with van der Waals surface area (Å²) in [5.74, 6) is 0.558. The monoisotopic (exact) mass is 393 g/mol. The number of H-pyrrole nitrogens is 1. The maximum Gasteiger partial charge on any atom is 0.223 e. The lowest BCUT2D eigenvalue weighted by Gasteiger charge is -2.41. The number of rotatable bonds is 11. The van der Waals surface area contributed by atoms with Gasteiger partial charge in [-0.05, 0) is 45.2 Å². The Kier molecular flexibility index (Phi) is 8.92. The van der Waals surface area contributed by atoms with Gasteiger partial charge in [0.05, 0.1) is 6.20 Å². The van der Waals surface area contributed by atoms with E-state index >= 15 is 0 Å². The fourth-order valence-corrected chi connectivity index (χ4v) is 4.19. The third kappa shape index (κ3) is 6.29. The van der Waals surface area contributed by atoms with E-state index in [2.05, 4.69) is 46.6 Å². The van der Waals surface area contributed by atoms with Gasteiger partial charge in [-0.15, -0.1) is 0 Å². The van der Waals surface area contributed by atoms with Gasteiger partial charge in [-0.3, -0.25) is 9.89 Å². The standard InChI is InChI=1S/C21H39N5O2/c1-21(2)8-7-16(13-18(21)20(27)23-9-6-12-28-5)19-17(14-24-25-19)15-26(4)11-10-22-3/h14,16,18,22H,6-13,15H2,1-5H3,(H,23,27)(H,24,25)/t16-,18-/m1/s1. The summed E-state index contributed by atoms with van der Waals surface area (Å²) in [6, 6.07) is 0. The van der Waals surface area contributed by atoms with E-state index in [9.17, 15) is 4.79 Å². The maximum atomic E-state index is 12.9. The number of aromatic amines is 1. The fraction of sp³-hybridized carbons (Fsp3) is 0.810. The Balaban J connectivity index is 2.02. The van der Waals surface area contributed by atoms with Crippen LogP contribution < -0.4 is 10.6 Å². The van der Waals surface area contributed by atoms with Crippen LogP contribution in [0.1, 0.15) is 56.7 Å². The lowest BCUT2D eigenvalue weighted by Crippen LogP contribution is -2.43. The molecule has 1 heterocycles. The minimum atomic E-state index is 0.0195. The molecule has 2 atom stereocenters. The smallest absolute Gasteiger partial charge is 0.223 e. The number of nitrogens with zero attached hydrogens (tertiary/aromatic N) is 2. The van der Waals surface area contributed by atoms with Crippen molar-refractivity contribution in [3.63, 3.8) is 0 Å². The zero-order chi connectivity index (χ0) is 20.6. The van der Waals surface area contributed by atoms with Gasteiger partial charge in [0.25, 0.3) is 0 Å². The van der Waals surface area contributed by atoms with E-state index in [1.165, 1.54) is 11.3 Å². The number of nitrogens with one attached hydrogen (secondary N) is 3. The number of carbonyl (C=O) groups excluding carboxylic acids is 1. The first-order chi connectivity index (χ1) is 13.4. The number of hydrogen-bond acceptors (Lipinski definition) is 5. The second kappa shape index (κ2) is 10.9. The third-order valence-electron chi connectivity index (χ3n) is 6.09. The molecule has 3 N–H and O–H groups in total. The largest absolute Gasteiger partial charge is 0.385 e. The van der Waals surface area contributed by atoms with Crippen LogP contribution >= 0.6 is 0 Å². The quantitative estimate of drug-likeness (QED) is 0.502. The summed E-state index contributed by atoms with van der Waals surface area (Å²) in [4.78, 5) is 15.2. The van der Waals surface area contributed by atoms with Gasteiger partial charge in [0.1, 0.15) is 0 Å². The predicted octanol–water partition coefficient (Wildman–Crippen LogP) is 2.12. The van der Waals surface area contributed by atoms with Crippen molar-refractivity contribution in [2.24, 2.45) is 11.3 Å². The van der Waals surface area contributed by atoms with Gasteiger partial charge < -0.3 is 20.3 Å². The lowest BCUT2D eigenvalue weighted by atomic mass is 9.64. The zero-order valence-corrected chi connectivity index (χ0v) is 18.3. The summed E-state index contributed by atoms with van der Waals surface area (Å²) in [6.07, 6.45) is 5.81. The van der Waals surface area contributed by atoms with Crippen molar-refractivity contribution in [3.05, 3.63) is 17.5 Å². The van der Waals surface area contributed by atoms with Crippen LogP contribution in [-0.4, -0.2) is 68.5 Å². The molecule has 1 aliphatic carbocycles. The van der Waals surface area contributed by atoms with Crippen molar-refractivity contribution in [3.8, 4) is 0 Å². The second-order valence-electron chi connectivity index (χ2n) is 8.80. The summed E-state index contributed by atoms with van der Waals surface area (Å²) in [5, 5.41) is 13.9. The number of methoxy groups -OCH3 is 1. The summed E-state index contributed by atoms with van der Waals surface area (Å²) < 4.78 is 5.08. The fourth-order valence-electron chi connectivity index (χ4n) is 4.19. The van der Waals surface area contributed by atoms with Crippen LogP contribution in [0, 0.1) is 11.3 Å². The molecule has 1 aromatic heterocycles. The van der Waals surface area contributed by atoms with Crippen LogP contribution in [0.5, 0.6) is 0 Å². The lowest BCUT2D eigenvalue weighted by molar-refractivity contribution is -0.130. The van der Waals surface area contributed by atoms with Crippen molar-refractivity contribution in [2.75, 3.05) is 47.4 Å². The van der Waals surface area contributed by atoms with E-state index in [-0.39, 0.29) is 17.2 Å². The second-order valence-corrected chi connectivity index (χ2v) is 8.80. The van der Waals surface area contributed by atoms with Crippen molar-refractivity contribution in [2.45, 2.75) is 52.0 Å². The number of ether oxygens (including phenoxy) is 1. The van der Waals surface area contributed by atoms with Gasteiger partial charge in [0.2, 0.25) is 5.91 Å². The Morgan fingerprint density at radius 3 is 2.93 bits per heavy atom. The molecule has 1 amide bonds. The first-order valence-electron chi connectivity index (χ1n) is 10.5. The average Bonchev–Trinajstić information content (AvgIpc) is 3.11. The molecule has 7 heteroatoms. The van der Waals surface area contributed by atoms with Gasteiger partial charge in [-0.2, -0.15) is 5.10 Å². The molecule has 0 spiro atoms.